The van der Waals surface area contributed by atoms with Gasteiger partial charge in [0.1, 0.15) is 0 Å². The molecule has 0 aliphatic rings. The van der Waals surface area contributed by atoms with Crippen LogP contribution >= 0.6 is 0 Å². The number of nitrogens with zero attached hydrogens (tertiary/aromatic N) is 6. The predicted octanol–water partition coefficient (Wildman–Crippen LogP) is -0.00680. The van der Waals surface area contributed by atoms with E-state index in [1.165, 1.54) is 0 Å². The molecule has 1 heterocycles. The Morgan fingerprint density at radius 1 is 1.33 bits per heavy atom. The van der Waals surface area contributed by atoms with E-state index >= 15 is 0 Å². The predicted molar refractivity (Wildman–Crippen MR) is 67.8 cm³/mol. The van der Waals surface area contributed by atoms with Crippen molar-refractivity contribution in [1.82, 2.24) is 30.0 Å². The summed E-state index contributed by atoms with van der Waals surface area (Å²) >= 11 is 0. The van der Waals surface area contributed by atoms with Crippen molar-refractivity contribution in [2.24, 2.45) is 0 Å². The van der Waals surface area contributed by atoms with E-state index < -0.39 is 0 Å². The molecule has 0 aliphatic heterocycles. The number of carbonyl (C=O) groups excluding carboxylic acids is 1. The number of likely N-dealkylation sites (N-methyl/N-ethyl adjacent to an activating group) is 2. The number of unbranched alkanes of at least 4 members (excludes halogenated alkanes) is 1. The highest BCUT2D eigenvalue weighted by molar-refractivity contribution is 5.77. The quantitative estimate of drug-likeness (QED) is 0.685. The SMILES string of the molecule is CCCCn1nnnc1CN(C)CC(=O)N(C)C. The molecule has 102 valence electrons. The standard InChI is InChI=1S/C11H22N6O/c1-5-6-7-17-10(12-13-14-17)8-16(4)9-11(18)15(2)3/h5-9H2,1-4H3. The number of carbonyl (C=O) groups is 1. The maximum Gasteiger partial charge on any atom is 0.236 e. The summed E-state index contributed by atoms with van der Waals surface area (Å²) in [5, 5.41) is 11.6. The first-order valence-electron chi connectivity index (χ1n) is 6.18. The number of hydrogen-bond donors (Lipinski definition) is 0. The van der Waals surface area contributed by atoms with Crippen LogP contribution in [0.4, 0.5) is 0 Å². The van der Waals surface area contributed by atoms with Crippen molar-refractivity contribution < 1.29 is 4.79 Å². The monoisotopic (exact) mass is 254 g/mol. The van der Waals surface area contributed by atoms with Crippen LogP contribution in [0.2, 0.25) is 0 Å². The first kappa shape index (κ1) is 14.6. The smallest absolute Gasteiger partial charge is 0.236 e. The third kappa shape index (κ3) is 4.40. The van der Waals surface area contributed by atoms with Crippen molar-refractivity contribution in [1.29, 1.82) is 0 Å². The average Bonchev–Trinajstić information content (AvgIpc) is 2.73. The number of aromatic nitrogens is 4. The molecule has 7 nitrogen and oxygen atoms in total. The second-order valence-electron chi connectivity index (χ2n) is 4.63. The molecule has 0 bridgehead atoms. The van der Waals surface area contributed by atoms with E-state index in [9.17, 15) is 4.79 Å². The maximum absolute atomic E-state index is 11.6. The van der Waals surface area contributed by atoms with Gasteiger partial charge in [-0.3, -0.25) is 9.69 Å². The molecule has 1 aromatic rings. The summed E-state index contributed by atoms with van der Waals surface area (Å²) < 4.78 is 1.81. The van der Waals surface area contributed by atoms with Gasteiger partial charge >= 0.3 is 0 Å². The Labute approximate surface area is 108 Å². The minimum absolute atomic E-state index is 0.0742. The summed E-state index contributed by atoms with van der Waals surface area (Å²) in [7, 11) is 5.39. The topological polar surface area (TPSA) is 67.2 Å². The molecule has 0 N–H and O–H groups in total. The van der Waals surface area contributed by atoms with Crippen molar-refractivity contribution in [3.8, 4) is 0 Å². The molecule has 0 atom stereocenters. The summed E-state index contributed by atoms with van der Waals surface area (Å²) in [6, 6.07) is 0. The molecule has 0 saturated carbocycles. The van der Waals surface area contributed by atoms with E-state index in [4.69, 9.17) is 0 Å². The maximum atomic E-state index is 11.6. The van der Waals surface area contributed by atoms with Crippen molar-refractivity contribution >= 4 is 5.91 Å². The van der Waals surface area contributed by atoms with E-state index in [1.807, 2.05) is 11.9 Å². The molecular weight excluding hydrogens is 232 g/mol. The fraction of sp³-hybridized carbons (Fsp3) is 0.818. The first-order valence-corrected chi connectivity index (χ1v) is 6.18. The van der Waals surface area contributed by atoms with Crippen LogP contribution in [0.1, 0.15) is 25.6 Å². The fourth-order valence-electron chi connectivity index (χ4n) is 1.49. The van der Waals surface area contributed by atoms with Crippen molar-refractivity contribution in [3.63, 3.8) is 0 Å². The van der Waals surface area contributed by atoms with Gasteiger partial charge in [-0.1, -0.05) is 13.3 Å². The second-order valence-corrected chi connectivity index (χ2v) is 4.63. The number of aryl methyl sites for hydroxylation is 1. The van der Waals surface area contributed by atoms with Gasteiger partial charge in [0.05, 0.1) is 13.1 Å². The molecule has 0 radical (unpaired) electrons. The molecule has 1 rings (SSSR count). The van der Waals surface area contributed by atoms with Gasteiger partial charge in [0.2, 0.25) is 5.91 Å². The highest BCUT2D eigenvalue weighted by Gasteiger charge is 2.12. The van der Waals surface area contributed by atoms with E-state index in [0.717, 1.165) is 25.2 Å². The van der Waals surface area contributed by atoms with Crippen LogP contribution in [-0.2, 0) is 17.9 Å². The Morgan fingerprint density at radius 2 is 2.06 bits per heavy atom. The zero-order chi connectivity index (χ0) is 13.5. The summed E-state index contributed by atoms with van der Waals surface area (Å²) in [4.78, 5) is 15.1. The van der Waals surface area contributed by atoms with Crippen molar-refractivity contribution in [2.45, 2.75) is 32.9 Å². The van der Waals surface area contributed by atoms with Crippen LogP contribution in [0.15, 0.2) is 0 Å². The van der Waals surface area contributed by atoms with Crippen LogP contribution in [0, 0.1) is 0 Å². The van der Waals surface area contributed by atoms with E-state index in [0.29, 0.717) is 13.1 Å². The van der Waals surface area contributed by atoms with Gasteiger partial charge in [-0.25, -0.2) is 4.68 Å². The van der Waals surface area contributed by atoms with Crippen LogP contribution in [0.3, 0.4) is 0 Å². The summed E-state index contributed by atoms with van der Waals surface area (Å²) in [5.74, 6) is 0.877. The lowest BCUT2D eigenvalue weighted by atomic mass is 10.3. The van der Waals surface area contributed by atoms with Gasteiger partial charge in [-0.05, 0) is 23.9 Å². The van der Waals surface area contributed by atoms with E-state index in [2.05, 4.69) is 22.4 Å². The Bertz CT molecular complexity index is 375. The molecule has 18 heavy (non-hydrogen) atoms. The molecule has 0 saturated heterocycles. The molecule has 1 amide bonds. The minimum atomic E-state index is 0.0742. The average molecular weight is 254 g/mol. The summed E-state index contributed by atoms with van der Waals surface area (Å²) in [5.41, 5.74) is 0. The van der Waals surface area contributed by atoms with Crippen LogP contribution in [0.5, 0.6) is 0 Å². The number of tetrazole rings is 1. The zero-order valence-electron chi connectivity index (χ0n) is 11.6. The lowest BCUT2D eigenvalue weighted by Crippen LogP contribution is -2.34. The number of rotatable bonds is 7. The third-order valence-electron chi connectivity index (χ3n) is 2.64. The van der Waals surface area contributed by atoms with Gasteiger partial charge in [0.25, 0.3) is 0 Å². The molecule has 0 fully saturated rings. The number of amides is 1. The van der Waals surface area contributed by atoms with Gasteiger partial charge < -0.3 is 4.90 Å². The molecule has 7 heteroatoms. The summed E-state index contributed by atoms with van der Waals surface area (Å²) in [6.07, 6.45) is 2.16. The fourth-order valence-corrected chi connectivity index (χ4v) is 1.49. The number of hydrogen-bond acceptors (Lipinski definition) is 5. The highest BCUT2D eigenvalue weighted by Crippen LogP contribution is 2.01. The molecule has 1 aromatic heterocycles. The van der Waals surface area contributed by atoms with Crippen LogP contribution in [0.25, 0.3) is 0 Å². The van der Waals surface area contributed by atoms with Gasteiger partial charge in [-0.15, -0.1) is 5.10 Å². The zero-order valence-corrected chi connectivity index (χ0v) is 11.6. The Kier molecular flexibility index (Phi) is 5.70. The Balaban J connectivity index is 2.51. The van der Waals surface area contributed by atoms with Crippen LogP contribution < -0.4 is 0 Å². The highest BCUT2D eigenvalue weighted by atomic mass is 16.2. The largest absolute Gasteiger partial charge is 0.348 e. The van der Waals surface area contributed by atoms with E-state index in [-0.39, 0.29) is 5.91 Å². The molecule has 0 spiro atoms. The lowest BCUT2D eigenvalue weighted by Gasteiger charge is -2.18. The second kappa shape index (κ2) is 7.05. The van der Waals surface area contributed by atoms with Crippen molar-refractivity contribution in [3.05, 3.63) is 5.82 Å². The molecule has 0 unspecified atom stereocenters. The van der Waals surface area contributed by atoms with E-state index in [1.54, 1.807) is 23.7 Å². The Hall–Kier alpha value is -1.50. The molecular formula is C11H22N6O. The molecule has 0 aliphatic carbocycles. The Morgan fingerprint density at radius 3 is 2.67 bits per heavy atom. The first-order chi connectivity index (χ1) is 8.54. The van der Waals surface area contributed by atoms with Crippen molar-refractivity contribution in [2.75, 3.05) is 27.7 Å². The van der Waals surface area contributed by atoms with Gasteiger partial charge in [0, 0.05) is 20.6 Å². The third-order valence-corrected chi connectivity index (χ3v) is 2.64. The lowest BCUT2D eigenvalue weighted by molar-refractivity contribution is -0.129. The summed E-state index contributed by atoms with van der Waals surface area (Å²) in [6.45, 7) is 3.91. The molecule has 0 aromatic carbocycles. The van der Waals surface area contributed by atoms with Gasteiger partial charge in [0.15, 0.2) is 5.82 Å². The van der Waals surface area contributed by atoms with Crippen LogP contribution in [-0.4, -0.2) is 63.6 Å². The van der Waals surface area contributed by atoms with Gasteiger partial charge in [-0.2, -0.15) is 0 Å². The minimum Gasteiger partial charge on any atom is -0.348 e. The normalized spacial score (nSPS) is 10.9.